The fraction of sp³-hybridized carbons (Fsp3) is 0.636. The minimum absolute atomic E-state index is 0.106. The standard InChI is InChI=1S/C11H15F3N2O3S/c1-10(2,3)20(18,19)5-4-16-7-8(6-15-16)9(17)11(12,13)14/h6-7H,4-5H2,1-3H3. The normalized spacial score (nSPS) is 13.5. The summed E-state index contributed by atoms with van der Waals surface area (Å²) in [6.45, 7) is 4.49. The summed E-state index contributed by atoms with van der Waals surface area (Å²) in [5, 5.41) is 3.57. The largest absolute Gasteiger partial charge is 0.454 e. The molecule has 1 aromatic heterocycles. The molecule has 0 amide bonds. The van der Waals surface area contributed by atoms with E-state index in [0.29, 0.717) is 0 Å². The van der Waals surface area contributed by atoms with Gasteiger partial charge in [0.2, 0.25) is 0 Å². The number of rotatable bonds is 4. The van der Waals surface area contributed by atoms with Crippen LogP contribution in [-0.2, 0) is 16.4 Å². The van der Waals surface area contributed by atoms with Gasteiger partial charge in [-0.25, -0.2) is 8.42 Å². The number of sulfone groups is 1. The van der Waals surface area contributed by atoms with E-state index >= 15 is 0 Å². The van der Waals surface area contributed by atoms with Crippen LogP contribution in [0.25, 0.3) is 0 Å². The first kappa shape index (κ1) is 16.7. The average Bonchev–Trinajstić information content (AvgIpc) is 2.71. The Balaban J connectivity index is 2.79. The van der Waals surface area contributed by atoms with Crippen molar-refractivity contribution < 1.29 is 26.4 Å². The number of hydrogen-bond donors (Lipinski definition) is 0. The summed E-state index contributed by atoms with van der Waals surface area (Å²) in [6.07, 6.45) is -3.29. The summed E-state index contributed by atoms with van der Waals surface area (Å²) in [7, 11) is -3.40. The van der Waals surface area contributed by atoms with E-state index in [1.165, 1.54) is 20.8 Å². The summed E-state index contributed by atoms with van der Waals surface area (Å²) in [5.74, 6) is -2.26. The Morgan fingerprint density at radius 2 is 1.85 bits per heavy atom. The van der Waals surface area contributed by atoms with E-state index in [2.05, 4.69) is 5.10 Å². The first-order valence-corrected chi connectivity index (χ1v) is 7.36. The predicted molar refractivity (Wildman–Crippen MR) is 66.2 cm³/mol. The highest BCUT2D eigenvalue weighted by Crippen LogP contribution is 2.21. The molecule has 0 aromatic carbocycles. The molecule has 1 rings (SSSR count). The first-order chi connectivity index (χ1) is 8.84. The molecule has 5 nitrogen and oxygen atoms in total. The highest BCUT2D eigenvalue weighted by molar-refractivity contribution is 7.92. The van der Waals surface area contributed by atoms with Gasteiger partial charge in [-0.3, -0.25) is 9.48 Å². The van der Waals surface area contributed by atoms with Gasteiger partial charge in [0.15, 0.2) is 9.84 Å². The fourth-order valence-electron chi connectivity index (χ4n) is 1.29. The number of carbonyl (C=O) groups excluding carboxylic acids is 1. The minimum atomic E-state index is -4.97. The summed E-state index contributed by atoms with van der Waals surface area (Å²) in [6, 6.07) is 0. The third kappa shape index (κ3) is 3.81. The van der Waals surface area contributed by atoms with Crippen molar-refractivity contribution in [2.24, 2.45) is 0 Å². The molecule has 0 aliphatic rings. The number of ketones is 1. The summed E-state index contributed by atoms with van der Waals surface area (Å²) >= 11 is 0. The third-order valence-corrected chi connectivity index (χ3v) is 5.26. The van der Waals surface area contributed by atoms with Crippen LogP contribution in [0.4, 0.5) is 13.2 Å². The average molecular weight is 312 g/mol. The van der Waals surface area contributed by atoms with Crippen LogP contribution in [0.2, 0.25) is 0 Å². The van der Waals surface area contributed by atoms with Gasteiger partial charge in [0.05, 0.1) is 28.8 Å². The van der Waals surface area contributed by atoms with E-state index in [-0.39, 0.29) is 12.3 Å². The Hall–Kier alpha value is -1.38. The first-order valence-electron chi connectivity index (χ1n) is 5.71. The van der Waals surface area contributed by atoms with Gasteiger partial charge in [0.25, 0.3) is 5.78 Å². The van der Waals surface area contributed by atoms with Crippen molar-refractivity contribution in [1.82, 2.24) is 9.78 Å². The molecule has 0 radical (unpaired) electrons. The SMILES string of the molecule is CC(C)(C)S(=O)(=O)CCn1cc(C(=O)C(F)(F)F)cn1. The Bertz CT molecular complexity index is 597. The Morgan fingerprint density at radius 3 is 2.30 bits per heavy atom. The molecule has 0 saturated carbocycles. The van der Waals surface area contributed by atoms with Crippen molar-refractivity contribution in [2.45, 2.75) is 38.2 Å². The highest BCUT2D eigenvalue weighted by atomic mass is 32.2. The zero-order chi connectivity index (χ0) is 15.8. The van der Waals surface area contributed by atoms with Gasteiger partial charge < -0.3 is 0 Å². The number of halogens is 3. The Labute approximate surface area is 114 Å². The molecule has 1 heterocycles. The molecule has 0 unspecified atom stereocenters. The van der Waals surface area contributed by atoms with Crippen molar-refractivity contribution in [3.8, 4) is 0 Å². The van der Waals surface area contributed by atoms with Crippen molar-refractivity contribution in [3.05, 3.63) is 18.0 Å². The van der Waals surface area contributed by atoms with Crippen molar-refractivity contribution in [2.75, 3.05) is 5.75 Å². The molecule has 1 aromatic rings. The third-order valence-electron chi connectivity index (χ3n) is 2.68. The smallest absolute Gasteiger partial charge is 0.284 e. The van der Waals surface area contributed by atoms with Gasteiger partial charge in [-0.1, -0.05) is 0 Å². The lowest BCUT2D eigenvalue weighted by Gasteiger charge is -2.18. The van der Waals surface area contributed by atoms with Crippen molar-refractivity contribution in [1.29, 1.82) is 0 Å². The fourth-order valence-corrected chi connectivity index (χ4v) is 2.33. The maximum Gasteiger partial charge on any atom is 0.454 e. The van der Waals surface area contributed by atoms with Crippen LogP contribution in [0.5, 0.6) is 0 Å². The molecule has 9 heteroatoms. The summed E-state index contributed by atoms with van der Waals surface area (Å²) in [4.78, 5) is 10.9. The second-order valence-electron chi connectivity index (χ2n) is 5.25. The van der Waals surface area contributed by atoms with Gasteiger partial charge in [-0.15, -0.1) is 0 Å². The van der Waals surface area contributed by atoms with Gasteiger partial charge in [0.1, 0.15) is 0 Å². The molecular formula is C11H15F3N2O3S. The molecule has 0 aliphatic heterocycles. The quantitative estimate of drug-likeness (QED) is 0.796. The van der Waals surface area contributed by atoms with Crippen molar-refractivity contribution in [3.63, 3.8) is 0 Å². The number of aromatic nitrogens is 2. The van der Waals surface area contributed by atoms with E-state index in [0.717, 1.165) is 17.1 Å². The number of alkyl halides is 3. The topological polar surface area (TPSA) is 69.0 Å². The zero-order valence-corrected chi connectivity index (χ0v) is 12.0. The van der Waals surface area contributed by atoms with Crippen LogP contribution in [0.15, 0.2) is 12.4 Å². The molecule has 20 heavy (non-hydrogen) atoms. The summed E-state index contributed by atoms with van der Waals surface area (Å²) < 4.78 is 60.3. The van der Waals surface area contributed by atoms with Crippen LogP contribution in [0, 0.1) is 0 Å². The molecule has 0 aliphatic carbocycles. The maximum absolute atomic E-state index is 12.2. The lowest BCUT2D eigenvalue weighted by molar-refractivity contribution is -0.0885. The van der Waals surface area contributed by atoms with Crippen LogP contribution in [0.1, 0.15) is 31.1 Å². The lowest BCUT2D eigenvalue weighted by atomic mass is 10.2. The van der Waals surface area contributed by atoms with Crippen LogP contribution in [0.3, 0.4) is 0 Å². The monoisotopic (exact) mass is 312 g/mol. The second-order valence-corrected chi connectivity index (χ2v) is 8.11. The molecular weight excluding hydrogens is 297 g/mol. The van der Waals surface area contributed by atoms with Crippen LogP contribution in [-0.4, -0.2) is 40.7 Å². The van der Waals surface area contributed by atoms with Crippen LogP contribution >= 0.6 is 0 Å². The minimum Gasteiger partial charge on any atom is -0.284 e. The molecule has 114 valence electrons. The molecule has 0 saturated heterocycles. The Morgan fingerprint density at radius 1 is 1.30 bits per heavy atom. The lowest BCUT2D eigenvalue weighted by Crippen LogP contribution is -2.32. The van der Waals surface area contributed by atoms with Gasteiger partial charge in [-0.2, -0.15) is 18.3 Å². The van der Waals surface area contributed by atoms with Gasteiger partial charge in [-0.05, 0) is 20.8 Å². The number of aryl methyl sites for hydroxylation is 1. The highest BCUT2D eigenvalue weighted by Gasteiger charge is 2.40. The number of carbonyl (C=O) groups is 1. The van der Waals surface area contributed by atoms with Gasteiger partial charge in [0, 0.05) is 6.20 Å². The van der Waals surface area contributed by atoms with E-state index in [9.17, 15) is 26.4 Å². The Kier molecular flexibility index (Phi) is 4.33. The zero-order valence-electron chi connectivity index (χ0n) is 11.2. The van der Waals surface area contributed by atoms with Crippen molar-refractivity contribution >= 4 is 15.6 Å². The number of hydrogen-bond acceptors (Lipinski definition) is 4. The predicted octanol–water partition coefficient (Wildman–Crippen LogP) is 1.84. The summed E-state index contributed by atoms with van der Waals surface area (Å²) in [5.41, 5.74) is -0.606. The van der Waals surface area contributed by atoms with E-state index in [1.54, 1.807) is 0 Å². The van der Waals surface area contributed by atoms with Gasteiger partial charge >= 0.3 is 6.18 Å². The van der Waals surface area contributed by atoms with E-state index in [1.807, 2.05) is 0 Å². The number of nitrogens with zero attached hydrogens (tertiary/aromatic N) is 2. The molecule has 0 fully saturated rings. The molecule has 0 spiro atoms. The molecule has 0 N–H and O–H groups in total. The molecule has 0 atom stereocenters. The maximum atomic E-state index is 12.2. The number of Topliss-reactive ketones (excluding diaryl/α,β-unsaturated/α-hetero) is 1. The van der Waals surface area contributed by atoms with Crippen LogP contribution < -0.4 is 0 Å². The second kappa shape index (κ2) is 5.19. The van der Waals surface area contributed by atoms with E-state index in [4.69, 9.17) is 0 Å². The van der Waals surface area contributed by atoms with E-state index < -0.39 is 32.1 Å². The molecule has 0 bridgehead atoms.